The third kappa shape index (κ3) is 4.94. The van der Waals surface area contributed by atoms with Gasteiger partial charge in [0.1, 0.15) is 11.9 Å². The maximum atomic E-state index is 12.7. The van der Waals surface area contributed by atoms with E-state index >= 15 is 0 Å². The lowest BCUT2D eigenvalue weighted by molar-refractivity contribution is 0.208. The van der Waals surface area contributed by atoms with Crippen LogP contribution in [0.3, 0.4) is 0 Å². The minimum atomic E-state index is -3.68. The van der Waals surface area contributed by atoms with Crippen LogP contribution >= 0.6 is 11.6 Å². The van der Waals surface area contributed by atoms with Gasteiger partial charge in [0.2, 0.25) is 0 Å². The van der Waals surface area contributed by atoms with Crippen molar-refractivity contribution in [2.75, 3.05) is 24.9 Å². The Bertz CT molecular complexity index is 898. The molecular weight excluding hydrogens is 384 g/mol. The normalized spacial score (nSPS) is 18.0. The number of nitrogens with zero attached hydrogens (tertiary/aromatic N) is 1. The molecule has 2 aromatic rings. The molecule has 1 fully saturated rings. The van der Waals surface area contributed by atoms with Crippen LogP contribution in [0.15, 0.2) is 47.4 Å². The van der Waals surface area contributed by atoms with E-state index in [4.69, 9.17) is 16.3 Å². The van der Waals surface area contributed by atoms with Gasteiger partial charge in [-0.1, -0.05) is 37.6 Å². The summed E-state index contributed by atoms with van der Waals surface area (Å²) < 4.78 is 33.9. The molecule has 1 atom stereocenters. The molecule has 27 heavy (non-hydrogen) atoms. The molecule has 1 heterocycles. The summed E-state index contributed by atoms with van der Waals surface area (Å²) >= 11 is 6.23. The van der Waals surface area contributed by atoms with E-state index in [-0.39, 0.29) is 11.0 Å². The number of anilines is 1. The Kier molecular flexibility index (Phi) is 5.99. The van der Waals surface area contributed by atoms with E-state index in [0.29, 0.717) is 22.4 Å². The Morgan fingerprint density at radius 3 is 2.48 bits per heavy atom. The zero-order valence-electron chi connectivity index (χ0n) is 15.8. The fourth-order valence-corrected chi connectivity index (χ4v) is 4.29. The summed E-state index contributed by atoms with van der Waals surface area (Å²) in [5, 5.41) is 0.466. The predicted octanol–water partition coefficient (Wildman–Crippen LogP) is 4.35. The van der Waals surface area contributed by atoms with E-state index in [2.05, 4.69) is 23.5 Å². The summed E-state index contributed by atoms with van der Waals surface area (Å²) in [4.78, 5) is 2.41. The first-order valence-corrected chi connectivity index (χ1v) is 10.9. The van der Waals surface area contributed by atoms with Crippen LogP contribution in [-0.2, 0) is 10.0 Å². The van der Waals surface area contributed by atoms with E-state index in [1.807, 2.05) is 19.2 Å². The molecule has 0 bridgehead atoms. The van der Waals surface area contributed by atoms with Crippen molar-refractivity contribution in [2.24, 2.45) is 0 Å². The third-order valence-corrected chi connectivity index (χ3v) is 6.39. The van der Waals surface area contributed by atoms with E-state index < -0.39 is 10.0 Å². The Morgan fingerprint density at radius 1 is 1.19 bits per heavy atom. The van der Waals surface area contributed by atoms with E-state index in [1.54, 1.807) is 30.3 Å². The van der Waals surface area contributed by atoms with Crippen LogP contribution in [0.5, 0.6) is 5.75 Å². The van der Waals surface area contributed by atoms with Crippen molar-refractivity contribution in [1.29, 1.82) is 0 Å². The molecule has 5 nitrogen and oxygen atoms in total. The van der Waals surface area contributed by atoms with Gasteiger partial charge in [-0.25, -0.2) is 8.42 Å². The van der Waals surface area contributed by atoms with Gasteiger partial charge in [-0.05, 0) is 49.2 Å². The molecule has 1 N–H and O–H groups in total. The number of halogens is 1. The lowest BCUT2D eigenvalue weighted by Crippen LogP contribution is -2.21. The van der Waals surface area contributed by atoms with Gasteiger partial charge in [0.05, 0.1) is 15.6 Å². The molecule has 0 saturated carbocycles. The average molecular weight is 409 g/mol. The van der Waals surface area contributed by atoms with Gasteiger partial charge in [0.15, 0.2) is 0 Å². The van der Waals surface area contributed by atoms with Crippen LogP contribution in [0.1, 0.15) is 31.7 Å². The summed E-state index contributed by atoms with van der Waals surface area (Å²) in [5.74, 6) is 0.840. The number of nitrogens with one attached hydrogen (secondary N) is 1. The molecule has 0 radical (unpaired) electrons. The number of hydrogen-bond acceptors (Lipinski definition) is 4. The summed E-state index contributed by atoms with van der Waals surface area (Å²) in [6.45, 7) is 5.94. The van der Waals surface area contributed by atoms with Crippen LogP contribution in [-0.4, -0.2) is 39.6 Å². The highest BCUT2D eigenvalue weighted by atomic mass is 35.5. The standard InChI is InChI=1S/C20H25ClN2O3S/c1-14(2)15-4-7-18(8-5-15)27(24,25)22-16-6-9-19(21)20(12-16)26-17-10-11-23(3)13-17/h4-9,12,14,17,22H,10-11,13H2,1-3H3/t17-/m0/s1. The summed E-state index contributed by atoms with van der Waals surface area (Å²) in [5.41, 5.74) is 1.52. The van der Waals surface area contributed by atoms with Crippen LogP contribution < -0.4 is 9.46 Å². The number of benzene rings is 2. The van der Waals surface area contributed by atoms with Gasteiger partial charge in [0, 0.05) is 19.2 Å². The zero-order chi connectivity index (χ0) is 19.6. The van der Waals surface area contributed by atoms with Crippen molar-refractivity contribution in [3.05, 3.63) is 53.1 Å². The third-order valence-electron chi connectivity index (χ3n) is 4.68. The topological polar surface area (TPSA) is 58.6 Å². The molecule has 2 aromatic carbocycles. The summed E-state index contributed by atoms with van der Waals surface area (Å²) in [6.07, 6.45) is 0.980. The number of ether oxygens (including phenoxy) is 1. The molecule has 0 unspecified atom stereocenters. The molecule has 1 aliphatic heterocycles. The second-order valence-corrected chi connectivity index (χ2v) is 9.35. The number of hydrogen-bond donors (Lipinski definition) is 1. The van der Waals surface area contributed by atoms with Crippen molar-refractivity contribution >= 4 is 27.3 Å². The highest BCUT2D eigenvalue weighted by Gasteiger charge is 2.22. The van der Waals surface area contributed by atoms with Crippen LogP contribution in [0.25, 0.3) is 0 Å². The van der Waals surface area contributed by atoms with Crippen molar-refractivity contribution in [1.82, 2.24) is 4.90 Å². The Hall–Kier alpha value is -1.76. The van der Waals surface area contributed by atoms with E-state index in [9.17, 15) is 8.42 Å². The quantitative estimate of drug-likeness (QED) is 0.772. The number of likely N-dealkylation sites (tertiary alicyclic amines) is 1. The van der Waals surface area contributed by atoms with Crippen molar-refractivity contribution < 1.29 is 13.2 Å². The van der Waals surface area contributed by atoms with Crippen molar-refractivity contribution in [3.63, 3.8) is 0 Å². The zero-order valence-corrected chi connectivity index (χ0v) is 17.3. The maximum Gasteiger partial charge on any atom is 0.261 e. The highest BCUT2D eigenvalue weighted by Crippen LogP contribution is 2.31. The van der Waals surface area contributed by atoms with Crippen molar-refractivity contribution in [2.45, 2.75) is 37.2 Å². The van der Waals surface area contributed by atoms with Gasteiger partial charge in [-0.2, -0.15) is 0 Å². The average Bonchev–Trinajstić information content (AvgIpc) is 3.02. The second kappa shape index (κ2) is 8.09. The van der Waals surface area contributed by atoms with Crippen LogP contribution in [0, 0.1) is 0 Å². The predicted molar refractivity (Wildman–Crippen MR) is 109 cm³/mol. The second-order valence-electron chi connectivity index (χ2n) is 7.27. The molecule has 7 heteroatoms. The fraction of sp³-hybridized carbons (Fsp3) is 0.400. The summed E-state index contributed by atoms with van der Waals surface area (Å²) in [6, 6.07) is 11.9. The molecule has 0 aliphatic carbocycles. The van der Waals surface area contributed by atoms with Crippen molar-refractivity contribution in [3.8, 4) is 5.75 Å². The summed E-state index contributed by atoms with van der Waals surface area (Å²) in [7, 11) is -1.64. The van der Waals surface area contributed by atoms with Crippen LogP contribution in [0.2, 0.25) is 5.02 Å². The number of sulfonamides is 1. The smallest absolute Gasteiger partial charge is 0.261 e. The first-order valence-electron chi connectivity index (χ1n) is 9.02. The Morgan fingerprint density at radius 2 is 1.89 bits per heavy atom. The molecule has 0 aromatic heterocycles. The molecule has 1 saturated heterocycles. The molecule has 1 aliphatic rings. The Labute approximate surface area is 166 Å². The fourth-order valence-electron chi connectivity index (χ4n) is 3.07. The maximum absolute atomic E-state index is 12.7. The highest BCUT2D eigenvalue weighted by molar-refractivity contribution is 7.92. The minimum absolute atomic E-state index is 0.0583. The SMILES string of the molecule is CC(C)c1ccc(S(=O)(=O)Nc2ccc(Cl)c(O[C@H]3CCN(C)C3)c2)cc1. The first-order chi connectivity index (χ1) is 12.7. The van der Waals surface area contributed by atoms with Gasteiger partial charge >= 0.3 is 0 Å². The van der Waals surface area contributed by atoms with Gasteiger partial charge < -0.3 is 9.64 Å². The van der Waals surface area contributed by atoms with E-state index in [1.165, 1.54) is 0 Å². The number of rotatable bonds is 6. The van der Waals surface area contributed by atoms with Gasteiger partial charge in [-0.15, -0.1) is 0 Å². The van der Waals surface area contributed by atoms with Gasteiger partial charge in [0.25, 0.3) is 10.0 Å². The minimum Gasteiger partial charge on any atom is -0.487 e. The molecule has 0 spiro atoms. The largest absolute Gasteiger partial charge is 0.487 e. The number of likely N-dealkylation sites (N-methyl/N-ethyl adjacent to an activating group) is 1. The lowest BCUT2D eigenvalue weighted by Gasteiger charge is -2.16. The molecular formula is C20H25ClN2O3S. The van der Waals surface area contributed by atoms with Gasteiger partial charge in [-0.3, -0.25) is 4.72 Å². The van der Waals surface area contributed by atoms with Crippen LogP contribution in [0.4, 0.5) is 5.69 Å². The monoisotopic (exact) mass is 408 g/mol. The Balaban J connectivity index is 1.77. The molecule has 146 valence electrons. The molecule has 0 amide bonds. The lowest BCUT2D eigenvalue weighted by atomic mass is 10.0. The van der Waals surface area contributed by atoms with E-state index in [0.717, 1.165) is 25.1 Å². The molecule has 3 rings (SSSR count). The first kappa shape index (κ1) is 20.0.